The van der Waals surface area contributed by atoms with E-state index in [2.05, 4.69) is 91.5 Å². The topological polar surface area (TPSA) is 75.6 Å². The molecule has 0 heterocycles. The summed E-state index contributed by atoms with van der Waals surface area (Å²) in [6, 6.07) is 31.4. The van der Waals surface area contributed by atoms with Crippen molar-refractivity contribution in [1.29, 1.82) is 0 Å². The fourth-order valence-electron chi connectivity index (χ4n) is 11.6. The van der Waals surface area contributed by atoms with E-state index in [1.165, 1.54) is 145 Å². The molecule has 1 amide bonds. The number of benzene rings is 3. The van der Waals surface area contributed by atoms with Gasteiger partial charge in [-0.1, -0.05) is 212 Å². The van der Waals surface area contributed by atoms with Crippen LogP contribution in [0, 0.1) is 47.3 Å². The lowest BCUT2D eigenvalue weighted by Crippen LogP contribution is -2.23. The highest BCUT2D eigenvalue weighted by Gasteiger charge is 2.59. The van der Waals surface area contributed by atoms with Crippen molar-refractivity contribution in [2.24, 2.45) is 47.3 Å². The third-order valence-electron chi connectivity index (χ3n) is 14.9. The van der Waals surface area contributed by atoms with Gasteiger partial charge in [0, 0.05) is 5.92 Å². The molecule has 0 bridgehead atoms. The molecule has 6 aliphatic rings. The quantitative estimate of drug-likeness (QED) is 0.0924. The third kappa shape index (κ3) is 14.0. The molecule has 0 unspecified atom stereocenters. The van der Waals surface area contributed by atoms with Crippen LogP contribution in [0.15, 0.2) is 110 Å². The third-order valence-corrected chi connectivity index (χ3v) is 14.9. The summed E-state index contributed by atoms with van der Waals surface area (Å²) < 4.78 is 5.30. The van der Waals surface area contributed by atoms with Crippen molar-refractivity contribution >= 4 is 18.0 Å². The van der Waals surface area contributed by atoms with Gasteiger partial charge in [-0.15, -0.1) is 6.58 Å². The summed E-state index contributed by atoms with van der Waals surface area (Å²) in [4.78, 5) is 24.1. The number of nitrogens with one attached hydrogen (secondary N) is 1. The van der Waals surface area contributed by atoms with Crippen molar-refractivity contribution in [1.82, 2.24) is 5.48 Å². The lowest BCUT2D eigenvalue weighted by molar-refractivity contribution is -0.145. The minimum Gasteiger partial charge on any atom is -0.466 e. The highest BCUT2D eigenvalue weighted by Crippen LogP contribution is 2.61. The second-order valence-electron chi connectivity index (χ2n) is 18.9. The van der Waals surface area contributed by atoms with Crippen molar-refractivity contribution in [2.45, 2.75) is 147 Å². The molecule has 3 aromatic carbocycles. The van der Waals surface area contributed by atoms with Crippen LogP contribution in [-0.2, 0) is 14.3 Å². The Balaban J connectivity index is 0.000000142. The van der Waals surface area contributed by atoms with Crippen LogP contribution in [0.2, 0.25) is 0 Å². The standard InChI is InChI=1S/C18H24O2.C16H21NO2.C14H18.C8H14/c1-2-20-18(19)17-15(13-9-5-3-6-10-13)16(17)14-11-7-4-8-12-14;18-16(17-19)15-13(11-7-3-1-4-8-11)14(15)12-9-5-2-6-10-12;1-3-7-13(8-4-1)11-12-14-9-5-2-6-10-14;1-2-8-6-4-3-5-7-8/h3,5-6,9-10,14-17H,2,4,7-8,11-12H2,1H3;1,3-4,7-8,12-15,19H,2,5-6,9-10H2,(H,17,18);1,3-4,7-8,11-12,14H,2,5-6,9-10H2;2,8H,1,3-7H2/b;;12-11+;/t15-,16-,17+;13-,14-,15+;;/m11../s1. The van der Waals surface area contributed by atoms with Crippen LogP contribution in [0.3, 0.4) is 0 Å². The van der Waals surface area contributed by atoms with Gasteiger partial charge >= 0.3 is 5.97 Å². The fraction of sp³-hybridized carbons (Fsp3) is 0.571. The van der Waals surface area contributed by atoms with E-state index in [9.17, 15) is 9.59 Å². The molecule has 0 saturated heterocycles. The van der Waals surface area contributed by atoms with Gasteiger partial charge in [-0.3, -0.25) is 14.8 Å². The first-order valence-corrected chi connectivity index (χ1v) is 24.6. The molecule has 0 radical (unpaired) electrons. The van der Waals surface area contributed by atoms with Crippen LogP contribution in [0.4, 0.5) is 0 Å². The van der Waals surface area contributed by atoms with E-state index >= 15 is 0 Å². The van der Waals surface area contributed by atoms with Crippen LogP contribution < -0.4 is 5.48 Å². The van der Waals surface area contributed by atoms with Gasteiger partial charge in [-0.05, 0) is 90.7 Å². The maximum atomic E-state index is 12.2. The Hall–Kier alpha value is -3.96. The average Bonchev–Trinajstić information content (AvgIpc) is 4.28. The van der Waals surface area contributed by atoms with E-state index in [0.717, 1.165) is 17.8 Å². The second-order valence-corrected chi connectivity index (χ2v) is 18.9. The van der Waals surface area contributed by atoms with Crippen molar-refractivity contribution in [3.05, 3.63) is 126 Å². The number of carbonyl (C=O) groups excluding carboxylic acids is 2. The lowest BCUT2D eigenvalue weighted by atomic mass is 9.84. The molecule has 6 saturated carbocycles. The molecule has 3 aromatic rings. The predicted molar refractivity (Wildman–Crippen MR) is 251 cm³/mol. The van der Waals surface area contributed by atoms with E-state index in [0.29, 0.717) is 36.2 Å². The summed E-state index contributed by atoms with van der Waals surface area (Å²) in [6.45, 7) is 6.17. The van der Waals surface area contributed by atoms with Crippen molar-refractivity contribution < 1.29 is 19.5 Å². The Labute approximate surface area is 369 Å². The molecule has 6 fully saturated rings. The van der Waals surface area contributed by atoms with Crippen LogP contribution in [0.25, 0.3) is 6.08 Å². The molecule has 0 aliphatic heterocycles. The maximum Gasteiger partial charge on any atom is 0.309 e. The molecule has 5 heteroatoms. The number of carbonyl (C=O) groups is 2. The Morgan fingerprint density at radius 1 is 0.590 bits per heavy atom. The van der Waals surface area contributed by atoms with Gasteiger partial charge in [0.15, 0.2) is 0 Å². The summed E-state index contributed by atoms with van der Waals surface area (Å²) in [6.07, 6.45) is 33.9. The van der Waals surface area contributed by atoms with Gasteiger partial charge in [0.25, 0.3) is 0 Å². The molecule has 5 nitrogen and oxygen atoms in total. The average molecular weight is 828 g/mol. The molecule has 0 aromatic heterocycles. The molecule has 6 atom stereocenters. The molecule has 0 spiro atoms. The fourth-order valence-corrected chi connectivity index (χ4v) is 11.6. The van der Waals surface area contributed by atoms with Gasteiger partial charge in [0.2, 0.25) is 5.91 Å². The summed E-state index contributed by atoms with van der Waals surface area (Å²) >= 11 is 0. The highest BCUT2D eigenvalue weighted by atomic mass is 16.5. The highest BCUT2D eigenvalue weighted by molar-refractivity contribution is 5.82. The minimum atomic E-state index is -0.204. The first-order chi connectivity index (χ1) is 30.0. The van der Waals surface area contributed by atoms with E-state index in [4.69, 9.17) is 9.94 Å². The number of hydrogen-bond acceptors (Lipinski definition) is 4. The number of hydroxylamine groups is 1. The first kappa shape index (κ1) is 46.5. The number of ether oxygens (including phenoxy) is 1. The summed E-state index contributed by atoms with van der Waals surface area (Å²) in [5.41, 5.74) is 5.75. The van der Waals surface area contributed by atoms with Crippen LogP contribution >= 0.6 is 0 Å². The number of allylic oxidation sites excluding steroid dienone is 2. The van der Waals surface area contributed by atoms with Crippen LogP contribution in [-0.4, -0.2) is 23.7 Å². The summed E-state index contributed by atoms with van der Waals surface area (Å²) in [7, 11) is 0. The van der Waals surface area contributed by atoms with Crippen LogP contribution in [0.1, 0.15) is 164 Å². The Bertz CT molecular complexity index is 1720. The van der Waals surface area contributed by atoms with Crippen LogP contribution in [0.5, 0.6) is 0 Å². The van der Waals surface area contributed by atoms with Crippen molar-refractivity contribution in [3.8, 4) is 0 Å². The SMILES string of the molecule is C(=C\C1CCCCC1)/c1ccccc1.C=CC1CCCCC1.CCOC(=O)[C@H]1[C@H](c2ccccc2)[C@H]1C1CCCCC1.O=C(NO)[C@H]1[C@H](c2ccccc2)[C@H]1C1CCCCC1. The largest absolute Gasteiger partial charge is 0.466 e. The number of amides is 1. The Kier molecular flexibility index (Phi) is 19.2. The Morgan fingerprint density at radius 2 is 1.00 bits per heavy atom. The van der Waals surface area contributed by atoms with Gasteiger partial charge < -0.3 is 4.74 Å². The molecular weight excluding hydrogens is 751 g/mol. The zero-order chi connectivity index (χ0) is 42.7. The minimum absolute atomic E-state index is 0.0249. The molecular formula is C56H77NO4. The summed E-state index contributed by atoms with van der Waals surface area (Å²) in [5, 5.41) is 8.93. The monoisotopic (exact) mass is 828 g/mol. The van der Waals surface area contributed by atoms with Gasteiger partial charge in [0.1, 0.15) is 0 Å². The number of hydrogen-bond donors (Lipinski definition) is 2. The van der Waals surface area contributed by atoms with Gasteiger partial charge in [-0.2, -0.15) is 0 Å². The van der Waals surface area contributed by atoms with Gasteiger partial charge in [-0.25, -0.2) is 5.48 Å². The van der Waals surface area contributed by atoms with E-state index in [1.54, 1.807) is 0 Å². The van der Waals surface area contributed by atoms with E-state index in [-0.39, 0.29) is 23.7 Å². The second kappa shape index (κ2) is 25.2. The first-order valence-electron chi connectivity index (χ1n) is 24.6. The molecule has 2 N–H and O–H groups in total. The molecule has 6 aliphatic carbocycles. The molecule has 9 rings (SSSR count). The predicted octanol–water partition coefficient (Wildman–Crippen LogP) is 14.3. The van der Waals surface area contributed by atoms with Crippen molar-refractivity contribution in [3.63, 3.8) is 0 Å². The van der Waals surface area contributed by atoms with E-state index < -0.39 is 0 Å². The molecule has 330 valence electrons. The molecule has 61 heavy (non-hydrogen) atoms. The zero-order valence-corrected chi connectivity index (χ0v) is 37.4. The lowest BCUT2D eigenvalue weighted by Gasteiger charge is -2.22. The normalized spacial score (nSPS) is 26.8. The maximum absolute atomic E-state index is 12.2. The van der Waals surface area contributed by atoms with Gasteiger partial charge in [0.05, 0.1) is 18.4 Å². The Morgan fingerprint density at radius 3 is 1.43 bits per heavy atom. The smallest absolute Gasteiger partial charge is 0.309 e. The zero-order valence-electron chi connectivity index (χ0n) is 37.4. The number of rotatable bonds is 10. The summed E-state index contributed by atoms with van der Waals surface area (Å²) in [5.74, 6) is 4.62. The van der Waals surface area contributed by atoms with Crippen molar-refractivity contribution in [2.75, 3.05) is 6.61 Å². The number of esters is 1. The van der Waals surface area contributed by atoms with E-state index in [1.807, 2.05) is 36.7 Å².